The van der Waals surface area contributed by atoms with E-state index in [0.717, 1.165) is 30.3 Å². The van der Waals surface area contributed by atoms with Gasteiger partial charge in [-0.25, -0.2) is 18.0 Å². The monoisotopic (exact) mass is 343 g/mol. The first kappa shape index (κ1) is 16.8. The molecule has 0 aliphatic rings. The molecular weight excluding hydrogens is 335 g/mol. The highest BCUT2D eigenvalue weighted by Gasteiger charge is 2.14. The highest BCUT2D eigenvalue weighted by atomic mass is 35.5. The highest BCUT2D eigenvalue weighted by molar-refractivity contribution is 6.33. The van der Waals surface area contributed by atoms with Crippen LogP contribution >= 0.6 is 11.6 Å². The molecule has 2 rings (SSSR count). The number of hydrogen-bond acceptors (Lipinski definition) is 3. The number of rotatable bonds is 4. The van der Waals surface area contributed by atoms with Gasteiger partial charge in [0.15, 0.2) is 6.61 Å². The summed E-state index contributed by atoms with van der Waals surface area (Å²) in [6.45, 7) is -0.704. The lowest BCUT2D eigenvalue weighted by atomic mass is 10.2. The zero-order valence-corrected chi connectivity index (χ0v) is 12.2. The zero-order valence-electron chi connectivity index (χ0n) is 11.4. The van der Waals surface area contributed by atoms with E-state index in [9.17, 15) is 22.8 Å². The molecule has 0 saturated heterocycles. The number of ether oxygens (including phenoxy) is 1. The van der Waals surface area contributed by atoms with Gasteiger partial charge >= 0.3 is 5.97 Å². The number of hydrogen-bond donors (Lipinski definition) is 1. The zero-order chi connectivity index (χ0) is 17.0. The van der Waals surface area contributed by atoms with Crippen molar-refractivity contribution in [2.75, 3.05) is 11.9 Å². The average molecular weight is 344 g/mol. The number of carbonyl (C=O) groups excluding carboxylic acids is 2. The fourth-order valence-corrected chi connectivity index (χ4v) is 1.93. The van der Waals surface area contributed by atoms with Crippen molar-refractivity contribution in [2.45, 2.75) is 0 Å². The fraction of sp³-hybridized carbons (Fsp3) is 0.0667. The lowest BCUT2D eigenvalue weighted by molar-refractivity contribution is -0.119. The molecule has 0 saturated carbocycles. The second kappa shape index (κ2) is 7.15. The quantitative estimate of drug-likeness (QED) is 0.864. The van der Waals surface area contributed by atoms with Crippen LogP contribution in [-0.4, -0.2) is 18.5 Å². The van der Waals surface area contributed by atoms with Gasteiger partial charge in [-0.05, 0) is 30.3 Å². The van der Waals surface area contributed by atoms with Crippen molar-refractivity contribution in [2.24, 2.45) is 0 Å². The number of benzene rings is 2. The van der Waals surface area contributed by atoms with Crippen LogP contribution in [0, 0.1) is 17.5 Å². The highest BCUT2D eigenvalue weighted by Crippen LogP contribution is 2.18. The van der Waals surface area contributed by atoms with Gasteiger partial charge in [0.1, 0.15) is 17.5 Å². The molecule has 1 amide bonds. The van der Waals surface area contributed by atoms with Crippen LogP contribution in [0.15, 0.2) is 36.4 Å². The molecule has 0 fully saturated rings. The third-order valence-electron chi connectivity index (χ3n) is 2.63. The normalized spacial score (nSPS) is 10.3. The molecule has 120 valence electrons. The predicted molar refractivity (Wildman–Crippen MR) is 76.7 cm³/mol. The van der Waals surface area contributed by atoms with E-state index >= 15 is 0 Å². The second-order valence-corrected chi connectivity index (χ2v) is 4.81. The summed E-state index contributed by atoms with van der Waals surface area (Å²) < 4.78 is 43.5. The van der Waals surface area contributed by atoms with Crippen LogP contribution in [-0.2, 0) is 9.53 Å². The first-order chi connectivity index (χ1) is 10.8. The van der Waals surface area contributed by atoms with Crippen molar-refractivity contribution >= 4 is 29.2 Å². The molecule has 8 heteroatoms. The van der Waals surface area contributed by atoms with Crippen LogP contribution in [0.25, 0.3) is 0 Å². The van der Waals surface area contributed by atoms with Crippen molar-refractivity contribution in [3.05, 3.63) is 64.4 Å². The van der Waals surface area contributed by atoms with Gasteiger partial charge in [-0.2, -0.15) is 0 Å². The van der Waals surface area contributed by atoms with E-state index in [1.165, 1.54) is 0 Å². The minimum atomic E-state index is -0.935. The number of esters is 1. The third-order valence-corrected chi connectivity index (χ3v) is 2.94. The van der Waals surface area contributed by atoms with Crippen molar-refractivity contribution in [3.63, 3.8) is 0 Å². The summed E-state index contributed by atoms with van der Waals surface area (Å²) in [6, 6.07) is 5.50. The fourth-order valence-electron chi connectivity index (χ4n) is 1.69. The largest absolute Gasteiger partial charge is 0.452 e. The minimum Gasteiger partial charge on any atom is -0.452 e. The molecule has 0 bridgehead atoms. The molecule has 0 heterocycles. The van der Waals surface area contributed by atoms with E-state index in [4.69, 9.17) is 16.3 Å². The molecule has 0 aliphatic carbocycles. The minimum absolute atomic E-state index is 0.113. The smallest absolute Gasteiger partial charge is 0.340 e. The average Bonchev–Trinajstić information content (AvgIpc) is 2.43. The van der Waals surface area contributed by atoms with Gasteiger partial charge in [0.25, 0.3) is 5.91 Å². The number of carbonyl (C=O) groups is 2. The number of anilines is 1. The third kappa shape index (κ3) is 4.72. The molecule has 23 heavy (non-hydrogen) atoms. The van der Waals surface area contributed by atoms with Gasteiger partial charge in [-0.15, -0.1) is 0 Å². The Morgan fingerprint density at radius 3 is 2.26 bits per heavy atom. The molecule has 0 aliphatic heterocycles. The van der Waals surface area contributed by atoms with E-state index in [2.05, 4.69) is 5.32 Å². The van der Waals surface area contributed by atoms with Crippen LogP contribution in [0.4, 0.5) is 18.9 Å². The first-order valence-corrected chi connectivity index (χ1v) is 6.61. The summed E-state index contributed by atoms with van der Waals surface area (Å²) in [6.07, 6.45) is 0. The van der Waals surface area contributed by atoms with Gasteiger partial charge < -0.3 is 10.1 Å². The Morgan fingerprint density at radius 2 is 1.65 bits per heavy atom. The van der Waals surface area contributed by atoms with E-state index in [1.807, 2.05) is 0 Å². The molecule has 1 N–H and O–H groups in total. The Balaban J connectivity index is 1.94. The second-order valence-electron chi connectivity index (χ2n) is 4.41. The molecule has 0 aromatic heterocycles. The Kier molecular flexibility index (Phi) is 5.23. The molecule has 2 aromatic rings. The molecule has 0 unspecified atom stereocenters. The summed E-state index contributed by atoms with van der Waals surface area (Å²) in [5.41, 5.74) is -0.235. The van der Waals surface area contributed by atoms with Crippen LogP contribution in [0.2, 0.25) is 5.02 Å². The SMILES string of the molecule is O=C(COC(=O)c1ccc(F)cc1Cl)Nc1cc(F)cc(F)c1. The topological polar surface area (TPSA) is 55.4 Å². The van der Waals surface area contributed by atoms with E-state index in [-0.39, 0.29) is 16.3 Å². The lowest BCUT2D eigenvalue weighted by Gasteiger charge is -2.08. The Hall–Kier alpha value is -2.54. The molecule has 0 atom stereocenters. The van der Waals surface area contributed by atoms with Crippen molar-refractivity contribution in [1.82, 2.24) is 0 Å². The van der Waals surface area contributed by atoms with E-state index in [1.54, 1.807) is 0 Å². The predicted octanol–water partition coefficient (Wildman–Crippen LogP) is 3.55. The Morgan fingerprint density at radius 1 is 1.00 bits per heavy atom. The maximum atomic E-state index is 13.0. The van der Waals surface area contributed by atoms with Crippen LogP contribution in [0.1, 0.15) is 10.4 Å². The maximum Gasteiger partial charge on any atom is 0.340 e. The molecule has 4 nitrogen and oxygen atoms in total. The van der Waals surface area contributed by atoms with Gasteiger partial charge in [0, 0.05) is 11.8 Å². The van der Waals surface area contributed by atoms with E-state index in [0.29, 0.717) is 6.07 Å². The van der Waals surface area contributed by atoms with Gasteiger partial charge in [-0.1, -0.05) is 11.6 Å². The maximum absolute atomic E-state index is 13.0. The van der Waals surface area contributed by atoms with E-state index < -0.39 is 35.9 Å². The number of amides is 1. The van der Waals surface area contributed by atoms with Crippen LogP contribution in [0.5, 0.6) is 0 Å². The molecule has 2 aromatic carbocycles. The van der Waals surface area contributed by atoms with Crippen molar-refractivity contribution in [3.8, 4) is 0 Å². The summed E-state index contributed by atoms with van der Waals surface area (Å²) in [5, 5.41) is 2.00. The standard InChI is InChI=1S/C15H9ClF3NO3/c16-13-6-8(17)1-2-12(13)15(22)23-7-14(21)20-11-4-9(18)3-10(19)5-11/h1-6H,7H2,(H,20,21). The number of nitrogens with one attached hydrogen (secondary N) is 1. The van der Waals surface area contributed by atoms with Gasteiger partial charge in [-0.3, -0.25) is 4.79 Å². The molecular formula is C15H9ClF3NO3. The first-order valence-electron chi connectivity index (χ1n) is 6.23. The Bertz CT molecular complexity index is 747. The van der Waals surface area contributed by atoms with Crippen LogP contribution < -0.4 is 5.32 Å². The molecule has 0 spiro atoms. The number of halogens is 4. The summed E-state index contributed by atoms with van der Waals surface area (Å²) in [7, 11) is 0. The van der Waals surface area contributed by atoms with Crippen LogP contribution in [0.3, 0.4) is 0 Å². The summed E-state index contributed by atoms with van der Waals surface area (Å²) in [4.78, 5) is 23.3. The van der Waals surface area contributed by atoms with Gasteiger partial charge in [0.05, 0.1) is 10.6 Å². The van der Waals surface area contributed by atoms with Gasteiger partial charge in [0.2, 0.25) is 0 Å². The summed E-state index contributed by atoms with van der Waals surface area (Å²) >= 11 is 5.68. The van der Waals surface area contributed by atoms with Crippen molar-refractivity contribution in [1.29, 1.82) is 0 Å². The Labute approximate surface area is 133 Å². The van der Waals surface area contributed by atoms with Crippen molar-refractivity contribution < 1.29 is 27.5 Å². The lowest BCUT2D eigenvalue weighted by Crippen LogP contribution is -2.21. The summed E-state index contributed by atoms with van der Waals surface area (Å²) in [5.74, 6) is -4.10. The molecule has 0 radical (unpaired) electrons.